The van der Waals surface area contributed by atoms with E-state index in [1.807, 2.05) is 52.8 Å². The van der Waals surface area contributed by atoms with Crippen molar-refractivity contribution in [1.82, 2.24) is 9.62 Å². The summed E-state index contributed by atoms with van der Waals surface area (Å²) >= 11 is 0. The highest BCUT2D eigenvalue weighted by Crippen LogP contribution is 2.25. The number of sulfonamides is 1. The molecule has 0 bridgehead atoms. The van der Waals surface area contributed by atoms with Crippen LogP contribution in [-0.4, -0.2) is 40.5 Å². The van der Waals surface area contributed by atoms with Crippen molar-refractivity contribution in [3.05, 3.63) is 28.3 Å². The molecule has 0 unspecified atom stereocenters. The van der Waals surface area contributed by atoms with Crippen LogP contribution in [0.5, 0.6) is 0 Å². The van der Waals surface area contributed by atoms with Crippen molar-refractivity contribution in [2.75, 3.05) is 27.2 Å². The summed E-state index contributed by atoms with van der Waals surface area (Å²) in [5.41, 5.74) is 3.69. The highest BCUT2D eigenvalue weighted by atomic mass is 32.2. The molecule has 4 nitrogen and oxygen atoms in total. The number of likely N-dealkylation sites (N-methyl/N-ethyl adjacent to an activating group) is 1. The normalized spacial score (nSPS) is 12.2. The minimum atomic E-state index is -3.44. The lowest BCUT2D eigenvalue weighted by Gasteiger charge is -2.17. The third-order valence-electron chi connectivity index (χ3n) is 3.42. The molecule has 0 heterocycles. The first-order chi connectivity index (χ1) is 8.66. The Morgan fingerprint density at radius 1 is 1.05 bits per heavy atom. The van der Waals surface area contributed by atoms with Crippen LogP contribution in [0.2, 0.25) is 0 Å². The zero-order valence-corrected chi connectivity index (χ0v) is 13.5. The fourth-order valence-corrected chi connectivity index (χ4v) is 3.69. The van der Waals surface area contributed by atoms with Gasteiger partial charge in [0.1, 0.15) is 0 Å². The van der Waals surface area contributed by atoms with Gasteiger partial charge in [-0.25, -0.2) is 13.1 Å². The Balaban J connectivity index is 3.15. The molecule has 1 rings (SSSR count). The van der Waals surface area contributed by atoms with E-state index in [1.165, 1.54) is 0 Å². The standard InChI is InChI=1S/C14H24N2O2S/c1-10-9-11(2)13(4)14(12(10)3)19(17,18)15-7-8-16(5)6/h9,15H,7-8H2,1-6H3. The van der Waals surface area contributed by atoms with Crippen LogP contribution >= 0.6 is 0 Å². The van der Waals surface area contributed by atoms with Gasteiger partial charge in [0.2, 0.25) is 10.0 Å². The third-order valence-corrected chi connectivity index (χ3v) is 5.15. The highest BCUT2D eigenvalue weighted by Gasteiger charge is 2.21. The summed E-state index contributed by atoms with van der Waals surface area (Å²) in [7, 11) is 0.398. The lowest BCUT2D eigenvalue weighted by atomic mass is 10.0. The molecule has 5 heteroatoms. The van der Waals surface area contributed by atoms with Gasteiger partial charge in [-0.15, -0.1) is 0 Å². The number of nitrogens with zero attached hydrogens (tertiary/aromatic N) is 1. The summed E-state index contributed by atoms with van der Waals surface area (Å²) in [5, 5.41) is 0. The predicted molar refractivity (Wildman–Crippen MR) is 79.1 cm³/mol. The van der Waals surface area contributed by atoms with Crippen LogP contribution in [0, 0.1) is 27.7 Å². The molecule has 1 aromatic rings. The largest absolute Gasteiger partial charge is 0.308 e. The average Bonchev–Trinajstić information content (AvgIpc) is 2.25. The summed E-state index contributed by atoms with van der Waals surface area (Å²) in [6.07, 6.45) is 0. The number of rotatable bonds is 5. The van der Waals surface area contributed by atoms with Crippen LogP contribution in [0.3, 0.4) is 0 Å². The molecular formula is C14H24N2O2S. The minimum Gasteiger partial charge on any atom is -0.308 e. The smallest absolute Gasteiger partial charge is 0.241 e. The van der Waals surface area contributed by atoms with Gasteiger partial charge in [0.05, 0.1) is 4.90 Å². The molecule has 0 aromatic heterocycles. The summed E-state index contributed by atoms with van der Waals surface area (Å²) < 4.78 is 27.5. The maximum Gasteiger partial charge on any atom is 0.241 e. The van der Waals surface area contributed by atoms with Gasteiger partial charge in [0, 0.05) is 13.1 Å². The maximum absolute atomic E-state index is 12.4. The number of nitrogens with one attached hydrogen (secondary N) is 1. The first kappa shape index (κ1) is 16.1. The molecule has 1 N–H and O–H groups in total. The Labute approximate surface area is 116 Å². The Morgan fingerprint density at radius 2 is 1.53 bits per heavy atom. The van der Waals surface area contributed by atoms with Gasteiger partial charge in [-0.05, 0) is 64.0 Å². The maximum atomic E-state index is 12.4. The van der Waals surface area contributed by atoms with Crippen molar-refractivity contribution in [2.24, 2.45) is 0 Å². The van der Waals surface area contributed by atoms with Gasteiger partial charge < -0.3 is 4.90 Å². The van der Waals surface area contributed by atoms with Crippen molar-refractivity contribution in [2.45, 2.75) is 32.6 Å². The number of hydrogen-bond acceptors (Lipinski definition) is 3. The van der Waals surface area contributed by atoms with E-state index in [2.05, 4.69) is 4.72 Å². The van der Waals surface area contributed by atoms with E-state index in [4.69, 9.17) is 0 Å². The van der Waals surface area contributed by atoms with E-state index in [9.17, 15) is 8.42 Å². The second kappa shape index (κ2) is 6.03. The third kappa shape index (κ3) is 3.78. The number of benzene rings is 1. The second-order valence-corrected chi connectivity index (χ2v) is 6.99. The van der Waals surface area contributed by atoms with E-state index in [0.717, 1.165) is 22.3 Å². The first-order valence-corrected chi connectivity index (χ1v) is 7.87. The molecule has 0 aliphatic heterocycles. The van der Waals surface area contributed by atoms with E-state index in [1.54, 1.807) is 0 Å². The summed E-state index contributed by atoms with van der Waals surface area (Å²) in [6.45, 7) is 8.72. The number of aryl methyl sites for hydroxylation is 2. The lowest BCUT2D eigenvalue weighted by Crippen LogP contribution is -2.32. The quantitative estimate of drug-likeness (QED) is 0.896. The molecule has 0 atom stereocenters. The zero-order chi connectivity index (χ0) is 14.8. The van der Waals surface area contributed by atoms with Gasteiger partial charge in [-0.1, -0.05) is 6.07 Å². The highest BCUT2D eigenvalue weighted by molar-refractivity contribution is 7.89. The predicted octanol–water partition coefficient (Wildman–Crippen LogP) is 1.76. The zero-order valence-electron chi connectivity index (χ0n) is 12.7. The van der Waals surface area contributed by atoms with Crippen molar-refractivity contribution in [3.63, 3.8) is 0 Å². The number of hydrogen-bond donors (Lipinski definition) is 1. The molecule has 0 aliphatic rings. The second-order valence-electron chi connectivity index (χ2n) is 5.29. The lowest BCUT2D eigenvalue weighted by molar-refractivity contribution is 0.412. The Kier molecular flexibility index (Phi) is 5.12. The molecule has 108 valence electrons. The molecule has 19 heavy (non-hydrogen) atoms. The Morgan fingerprint density at radius 3 is 1.95 bits per heavy atom. The fourth-order valence-electron chi connectivity index (χ4n) is 2.06. The van der Waals surface area contributed by atoms with Crippen molar-refractivity contribution in [3.8, 4) is 0 Å². The summed E-state index contributed by atoms with van der Waals surface area (Å²) in [5.74, 6) is 0. The van der Waals surface area contributed by atoms with Crippen LogP contribution in [0.15, 0.2) is 11.0 Å². The molecule has 0 saturated heterocycles. The van der Waals surface area contributed by atoms with E-state index >= 15 is 0 Å². The minimum absolute atomic E-state index is 0.418. The van der Waals surface area contributed by atoms with Gasteiger partial charge in [-0.3, -0.25) is 0 Å². The van der Waals surface area contributed by atoms with Crippen LogP contribution in [-0.2, 0) is 10.0 Å². The van der Waals surface area contributed by atoms with Crippen LogP contribution in [0.1, 0.15) is 22.3 Å². The van der Waals surface area contributed by atoms with Gasteiger partial charge in [-0.2, -0.15) is 0 Å². The molecular weight excluding hydrogens is 260 g/mol. The van der Waals surface area contributed by atoms with Gasteiger partial charge >= 0.3 is 0 Å². The fraction of sp³-hybridized carbons (Fsp3) is 0.571. The Bertz CT molecular complexity index is 537. The van der Waals surface area contributed by atoms with Gasteiger partial charge in [0.15, 0.2) is 0 Å². The van der Waals surface area contributed by atoms with E-state index in [-0.39, 0.29) is 0 Å². The van der Waals surface area contributed by atoms with Crippen molar-refractivity contribution >= 4 is 10.0 Å². The van der Waals surface area contributed by atoms with E-state index < -0.39 is 10.0 Å². The molecule has 0 fully saturated rings. The van der Waals surface area contributed by atoms with Gasteiger partial charge in [0.25, 0.3) is 0 Å². The Hall–Kier alpha value is -0.910. The molecule has 0 saturated carbocycles. The molecule has 0 amide bonds. The molecule has 0 spiro atoms. The summed E-state index contributed by atoms with van der Waals surface area (Å²) in [6, 6.07) is 2.03. The molecule has 0 aliphatic carbocycles. The molecule has 0 radical (unpaired) electrons. The average molecular weight is 284 g/mol. The van der Waals surface area contributed by atoms with Crippen LogP contribution in [0.25, 0.3) is 0 Å². The van der Waals surface area contributed by atoms with Crippen molar-refractivity contribution in [1.29, 1.82) is 0 Å². The topological polar surface area (TPSA) is 49.4 Å². The monoisotopic (exact) mass is 284 g/mol. The van der Waals surface area contributed by atoms with Crippen LogP contribution in [0.4, 0.5) is 0 Å². The summed E-state index contributed by atoms with van der Waals surface area (Å²) in [4.78, 5) is 2.38. The van der Waals surface area contributed by atoms with Crippen LogP contribution < -0.4 is 4.72 Å². The molecule has 1 aromatic carbocycles. The van der Waals surface area contributed by atoms with E-state index in [0.29, 0.717) is 18.0 Å². The first-order valence-electron chi connectivity index (χ1n) is 6.38. The van der Waals surface area contributed by atoms with Crippen molar-refractivity contribution < 1.29 is 8.42 Å². The SMILES string of the molecule is Cc1cc(C)c(C)c(S(=O)(=O)NCCN(C)C)c1C.